The summed E-state index contributed by atoms with van der Waals surface area (Å²) in [5.74, 6) is 0.603. The highest BCUT2D eigenvalue weighted by Crippen LogP contribution is 2.22. The number of amides is 2. The minimum Gasteiger partial charge on any atom is -0.497 e. The molecule has 0 atom stereocenters. The molecular formula is C20H19N3O3S2. The molecule has 6 nitrogen and oxygen atoms in total. The first kappa shape index (κ1) is 19.9. The Hall–Kier alpha value is -2.84. The van der Waals surface area contributed by atoms with E-state index in [2.05, 4.69) is 15.6 Å². The Balaban J connectivity index is 1.51. The van der Waals surface area contributed by atoms with Gasteiger partial charge in [0.15, 0.2) is 5.13 Å². The highest BCUT2D eigenvalue weighted by Gasteiger charge is 2.09. The fraction of sp³-hybridized carbons (Fsp3) is 0.150. The number of ether oxygens (including phenoxy) is 1. The third-order valence-electron chi connectivity index (χ3n) is 3.68. The zero-order valence-electron chi connectivity index (χ0n) is 15.4. The molecular weight excluding hydrogens is 394 g/mol. The van der Waals surface area contributed by atoms with E-state index in [0.717, 1.165) is 10.6 Å². The second-order valence-electron chi connectivity index (χ2n) is 5.84. The van der Waals surface area contributed by atoms with Gasteiger partial charge in [-0.3, -0.25) is 9.59 Å². The molecule has 144 valence electrons. The summed E-state index contributed by atoms with van der Waals surface area (Å²) in [4.78, 5) is 29.5. The summed E-state index contributed by atoms with van der Waals surface area (Å²) in [5.41, 5.74) is 2.09. The van der Waals surface area contributed by atoms with Crippen LogP contribution < -0.4 is 15.4 Å². The van der Waals surface area contributed by atoms with Gasteiger partial charge in [0, 0.05) is 21.5 Å². The van der Waals surface area contributed by atoms with Crippen molar-refractivity contribution in [3.8, 4) is 5.75 Å². The van der Waals surface area contributed by atoms with Crippen LogP contribution in [0.15, 0.2) is 58.8 Å². The number of carbonyl (C=O) groups is 2. The van der Waals surface area contributed by atoms with Crippen LogP contribution in [0, 0.1) is 6.92 Å². The number of aryl methyl sites for hydroxylation is 1. The van der Waals surface area contributed by atoms with Crippen molar-refractivity contribution in [2.45, 2.75) is 11.8 Å². The number of aromatic nitrogens is 1. The number of hydrogen-bond donors (Lipinski definition) is 2. The maximum Gasteiger partial charge on any atom is 0.255 e. The van der Waals surface area contributed by atoms with Gasteiger partial charge >= 0.3 is 0 Å². The maximum atomic E-state index is 12.3. The lowest BCUT2D eigenvalue weighted by Gasteiger charge is -2.08. The van der Waals surface area contributed by atoms with Gasteiger partial charge in [0.1, 0.15) is 5.75 Å². The summed E-state index contributed by atoms with van der Waals surface area (Å²) in [6.07, 6.45) is 0. The fourth-order valence-corrected chi connectivity index (χ4v) is 3.72. The van der Waals surface area contributed by atoms with Gasteiger partial charge in [-0.25, -0.2) is 4.98 Å². The first-order valence-corrected chi connectivity index (χ1v) is 10.3. The van der Waals surface area contributed by atoms with Gasteiger partial charge in [-0.2, -0.15) is 0 Å². The van der Waals surface area contributed by atoms with Gasteiger partial charge in [-0.15, -0.1) is 23.1 Å². The number of hydrogen-bond acceptors (Lipinski definition) is 6. The summed E-state index contributed by atoms with van der Waals surface area (Å²) >= 11 is 2.83. The van der Waals surface area contributed by atoms with E-state index in [-0.39, 0.29) is 17.6 Å². The standard InChI is InChI=1S/C20H19N3O3S2/c1-13-11-28-20(21-13)23-18(24)12-27-17-8-6-15(7-9-17)22-19(25)14-4-3-5-16(10-14)26-2/h3-11H,12H2,1-2H3,(H,22,25)(H,21,23,24). The predicted molar refractivity (Wildman–Crippen MR) is 114 cm³/mol. The van der Waals surface area contributed by atoms with Gasteiger partial charge in [-0.05, 0) is 49.4 Å². The zero-order valence-corrected chi connectivity index (χ0v) is 17.0. The van der Waals surface area contributed by atoms with E-state index < -0.39 is 0 Å². The van der Waals surface area contributed by atoms with E-state index in [4.69, 9.17) is 4.74 Å². The van der Waals surface area contributed by atoms with Crippen LogP contribution in [-0.4, -0.2) is 29.7 Å². The molecule has 0 spiro atoms. The van der Waals surface area contributed by atoms with Crippen LogP contribution in [-0.2, 0) is 4.79 Å². The highest BCUT2D eigenvalue weighted by molar-refractivity contribution is 8.00. The summed E-state index contributed by atoms with van der Waals surface area (Å²) in [6, 6.07) is 14.3. The molecule has 28 heavy (non-hydrogen) atoms. The quantitative estimate of drug-likeness (QED) is 0.560. The molecule has 2 amide bonds. The summed E-state index contributed by atoms with van der Waals surface area (Å²) < 4.78 is 5.14. The third kappa shape index (κ3) is 5.58. The molecule has 0 radical (unpaired) electrons. The van der Waals surface area contributed by atoms with Gasteiger partial charge in [0.05, 0.1) is 18.6 Å². The molecule has 0 saturated heterocycles. The third-order valence-corrected chi connectivity index (χ3v) is 5.57. The Morgan fingerprint density at radius 3 is 2.61 bits per heavy atom. The average molecular weight is 414 g/mol. The monoisotopic (exact) mass is 413 g/mol. The number of anilines is 2. The zero-order chi connectivity index (χ0) is 19.9. The molecule has 0 unspecified atom stereocenters. The number of methoxy groups -OCH3 is 1. The Kier molecular flexibility index (Phi) is 6.67. The lowest BCUT2D eigenvalue weighted by atomic mass is 10.2. The van der Waals surface area contributed by atoms with Crippen LogP contribution in [0.5, 0.6) is 5.75 Å². The van der Waals surface area contributed by atoms with Crippen LogP contribution in [0.4, 0.5) is 10.8 Å². The van der Waals surface area contributed by atoms with Crippen LogP contribution >= 0.6 is 23.1 Å². The molecule has 0 aliphatic heterocycles. The molecule has 0 fully saturated rings. The van der Waals surface area contributed by atoms with Crippen molar-refractivity contribution in [2.24, 2.45) is 0 Å². The van der Waals surface area contributed by atoms with E-state index in [1.54, 1.807) is 31.4 Å². The van der Waals surface area contributed by atoms with Crippen molar-refractivity contribution in [2.75, 3.05) is 23.5 Å². The summed E-state index contributed by atoms with van der Waals surface area (Å²) in [5, 5.41) is 8.13. The first-order valence-electron chi connectivity index (χ1n) is 8.44. The van der Waals surface area contributed by atoms with Gasteiger partial charge in [0.25, 0.3) is 5.91 Å². The molecule has 2 N–H and O–H groups in total. The van der Waals surface area contributed by atoms with Crippen LogP contribution in [0.2, 0.25) is 0 Å². The molecule has 0 saturated carbocycles. The van der Waals surface area contributed by atoms with E-state index in [1.165, 1.54) is 23.1 Å². The predicted octanol–water partition coefficient (Wildman–Crippen LogP) is 4.44. The van der Waals surface area contributed by atoms with Crippen molar-refractivity contribution < 1.29 is 14.3 Å². The van der Waals surface area contributed by atoms with Crippen molar-refractivity contribution in [3.63, 3.8) is 0 Å². The summed E-state index contributed by atoms with van der Waals surface area (Å²) in [6.45, 7) is 1.88. The lowest BCUT2D eigenvalue weighted by Crippen LogP contribution is -2.13. The van der Waals surface area contributed by atoms with E-state index in [9.17, 15) is 9.59 Å². The molecule has 0 aliphatic carbocycles. The van der Waals surface area contributed by atoms with E-state index >= 15 is 0 Å². The molecule has 8 heteroatoms. The number of carbonyl (C=O) groups excluding carboxylic acids is 2. The number of benzene rings is 2. The molecule has 1 heterocycles. The first-order chi connectivity index (χ1) is 13.5. The molecule has 2 aromatic carbocycles. The Labute approximate surface area is 171 Å². The molecule has 0 bridgehead atoms. The normalized spacial score (nSPS) is 10.4. The lowest BCUT2D eigenvalue weighted by molar-refractivity contribution is -0.113. The molecule has 3 aromatic rings. The van der Waals surface area contributed by atoms with Crippen LogP contribution in [0.3, 0.4) is 0 Å². The number of thioether (sulfide) groups is 1. The topological polar surface area (TPSA) is 80.3 Å². The van der Waals surface area contributed by atoms with Gasteiger partial charge in [-0.1, -0.05) is 6.07 Å². The van der Waals surface area contributed by atoms with E-state index in [1.807, 2.05) is 36.6 Å². The van der Waals surface area contributed by atoms with Gasteiger partial charge < -0.3 is 15.4 Å². The van der Waals surface area contributed by atoms with Gasteiger partial charge in [0.2, 0.25) is 5.91 Å². The minimum absolute atomic E-state index is 0.102. The van der Waals surface area contributed by atoms with Crippen molar-refractivity contribution in [1.82, 2.24) is 4.98 Å². The molecule has 0 aliphatic rings. The number of thiazole rings is 1. The maximum absolute atomic E-state index is 12.3. The van der Waals surface area contributed by atoms with Crippen molar-refractivity contribution >= 4 is 45.7 Å². The SMILES string of the molecule is COc1cccc(C(=O)Nc2ccc(SCC(=O)Nc3nc(C)cs3)cc2)c1. The minimum atomic E-state index is -0.211. The largest absolute Gasteiger partial charge is 0.497 e. The number of nitrogens with zero attached hydrogens (tertiary/aromatic N) is 1. The van der Waals surface area contributed by atoms with E-state index in [0.29, 0.717) is 22.1 Å². The van der Waals surface area contributed by atoms with Crippen molar-refractivity contribution in [1.29, 1.82) is 0 Å². The van der Waals surface area contributed by atoms with Crippen LogP contribution in [0.25, 0.3) is 0 Å². The Bertz CT molecular complexity index is 971. The fourth-order valence-electron chi connectivity index (χ4n) is 2.32. The Morgan fingerprint density at radius 2 is 1.93 bits per heavy atom. The average Bonchev–Trinajstić information content (AvgIpc) is 3.12. The Morgan fingerprint density at radius 1 is 1.14 bits per heavy atom. The molecule has 1 aromatic heterocycles. The van der Waals surface area contributed by atoms with Crippen molar-refractivity contribution in [3.05, 3.63) is 65.2 Å². The second-order valence-corrected chi connectivity index (χ2v) is 7.75. The number of nitrogens with one attached hydrogen (secondary N) is 2. The highest BCUT2D eigenvalue weighted by atomic mass is 32.2. The number of rotatable bonds is 7. The summed E-state index contributed by atoms with van der Waals surface area (Å²) in [7, 11) is 1.56. The smallest absolute Gasteiger partial charge is 0.255 e. The van der Waals surface area contributed by atoms with Crippen LogP contribution in [0.1, 0.15) is 16.1 Å². The second kappa shape index (κ2) is 9.38. The molecule has 3 rings (SSSR count).